The van der Waals surface area contributed by atoms with Gasteiger partial charge in [0.25, 0.3) is 5.91 Å². The van der Waals surface area contributed by atoms with Crippen molar-refractivity contribution in [2.75, 3.05) is 32.7 Å². The number of terminal acetylenes is 1. The molecule has 160 valence electrons. The number of carbonyl (C=O) groups is 3. The zero-order valence-electron chi connectivity index (χ0n) is 17.1. The van der Waals surface area contributed by atoms with Crippen molar-refractivity contribution in [1.29, 1.82) is 0 Å². The van der Waals surface area contributed by atoms with Crippen LogP contribution in [-0.4, -0.2) is 60.5 Å². The van der Waals surface area contributed by atoms with Crippen molar-refractivity contribution in [3.8, 4) is 12.3 Å². The summed E-state index contributed by atoms with van der Waals surface area (Å²) in [5.41, 5.74) is 1.90. The number of hydrogen-bond donors (Lipinski definition) is 3. The largest absolute Gasteiger partial charge is 0.480 e. The fourth-order valence-electron chi connectivity index (χ4n) is 4.18. The lowest BCUT2D eigenvalue weighted by Gasteiger charge is -2.32. The lowest BCUT2D eigenvalue weighted by molar-refractivity contribution is -0.139. The second kappa shape index (κ2) is 10.3. The van der Waals surface area contributed by atoms with E-state index in [1.165, 1.54) is 5.56 Å². The Morgan fingerprint density at radius 1 is 1.20 bits per heavy atom. The molecule has 7 nitrogen and oxygen atoms in total. The summed E-state index contributed by atoms with van der Waals surface area (Å²) < 4.78 is 0. The molecule has 2 amide bonds. The van der Waals surface area contributed by atoms with Crippen LogP contribution in [0.25, 0.3) is 0 Å². The molecule has 3 N–H and O–H groups in total. The van der Waals surface area contributed by atoms with E-state index in [4.69, 9.17) is 11.5 Å². The van der Waals surface area contributed by atoms with Crippen molar-refractivity contribution in [2.45, 2.75) is 31.6 Å². The number of aliphatic carboxylic acids is 1. The number of likely N-dealkylation sites (tertiary alicyclic amines) is 1. The summed E-state index contributed by atoms with van der Waals surface area (Å²) in [6.45, 7) is 2.89. The molecule has 2 fully saturated rings. The quantitative estimate of drug-likeness (QED) is 0.616. The van der Waals surface area contributed by atoms with Gasteiger partial charge in [0.2, 0.25) is 5.91 Å². The number of piperidine rings is 2. The van der Waals surface area contributed by atoms with Gasteiger partial charge in [-0.25, -0.2) is 0 Å². The average Bonchev–Trinajstić information content (AvgIpc) is 2.79. The molecule has 2 aliphatic rings. The number of carboxylic acids is 1. The molecule has 2 saturated heterocycles. The Morgan fingerprint density at radius 3 is 2.53 bits per heavy atom. The van der Waals surface area contributed by atoms with Gasteiger partial charge in [-0.15, -0.1) is 6.42 Å². The highest BCUT2D eigenvalue weighted by Gasteiger charge is 2.29. The van der Waals surface area contributed by atoms with Crippen molar-refractivity contribution in [3.63, 3.8) is 0 Å². The van der Waals surface area contributed by atoms with Crippen LogP contribution >= 0.6 is 0 Å². The van der Waals surface area contributed by atoms with Crippen molar-refractivity contribution in [3.05, 3.63) is 35.4 Å². The minimum atomic E-state index is -1.13. The third kappa shape index (κ3) is 5.39. The number of carbonyl (C=O) groups excluding carboxylic acids is 2. The summed E-state index contributed by atoms with van der Waals surface area (Å²) in [7, 11) is 0. The predicted molar refractivity (Wildman–Crippen MR) is 113 cm³/mol. The molecular weight excluding hydrogens is 382 g/mol. The van der Waals surface area contributed by atoms with E-state index in [1.807, 2.05) is 24.3 Å². The first kappa shape index (κ1) is 21.8. The van der Waals surface area contributed by atoms with Gasteiger partial charge in [0.05, 0.1) is 5.92 Å². The summed E-state index contributed by atoms with van der Waals surface area (Å²) in [6.07, 6.45) is 8.80. The number of hydrogen-bond acceptors (Lipinski definition) is 4. The fourth-order valence-corrected chi connectivity index (χ4v) is 4.18. The minimum absolute atomic E-state index is 0.0728. The number of nitrogens with zero attached hydrogens (tertiary/aromatic N) is 1. The first-order valence-corrected chi connectivity index (χ1v) is 10.6. The smallest absolute Gasteiger partial charge is 0.320 e. The Morgan fingerprint density at radius 2 is 1.90 bits per heavy atom. The third-order valence-corrected chi connectivity index (χ3v) is 6.03. The van der Waals surface area contributed by atoms with Crippen LogP contribution in [0.2, 0.25) is 0 Å². The SMILES string of the molecule is C#C[C@@H](CNC(=O)[C@@H]1CCCN(C(=O)c2ccc(C3CCNCC3)cc2)C1)C(=O)O. The maximum absolute atomic E-state index is 12.9. The summed E-state index contributed by atoms with van der Waals surface area (Å²) >= 11 is 0. The summed E-state index contributed by atoms with van der Waals surface area (Å²) in [5, 5.41) is 15.0. The molecular formula is C23H29N3O4. The van der Waals surface area contributed by atoms with Gasteiger partial charge >= 0.3 is 5.97 Å². The molecule has 0 aliphatic carbocycles. The highest BCUT2D eigenvalue weighted by Crippen LogP contribution is 2.26. The van der Waals surface area contributed by atoms with E-state index in [2.05, 4.69) is 16.6 Å². The molecule has 7 heteroatoms. The lowest BCUT2D eigenvalue weighted by atomic mass is 9.89. The molecule has 2 atom stereocenters. The molecule has 0 spiro atoms. The molecule has 0 radical (unpaired) electrons. The van der Waals surface area contributed by atoms with Gasteiger partial charge in [-0.2, -0.15) is 0 Å². The van der Waals surface area contributed by atoms with Gasteiger partial charge in [-0.3, -0.25) is 14.4 Å². The molecule has 30 heavy (non-hydrogen) atoms. The Bertz CT molecular complexity index is 809. The Labute approximate surface area is 177 Å². The van der Waals surface area contributed by atoms with E-state index >= 15 is 0 Å². The van der Waals surface area contributed by atoms with Crippen LogP contribution in [0.3, 0.4) is 0 Å². The summed E-state index contributed by atoms with van der Waals surface area (Å²) in [5.74, 6) is -0.173. The Balaban J connectivity index is 1.56. The van der Waals surface area contributed by atoms with Crippen molar-refractivity contribution < 1.29 is 19.5 Å². The van der Waals surface area contributed by atoms with Crippen LogP contribution in [0.15, 0.2) is 24.3 Å². The van der Waals surface area contributed by atoms with E-state index in [0.717, 1.165) is 32.4 Å². The Hall–Kier alpha value is -2.85. The standard InChI is InChI=1S/C23H29N3O4/c1-2-16(23(29)30)14-25-21(27)20-4-3-13-26(15-20)22(28)19-7-5-17(6-8-19)18-9-11-24-12-10-18/h1,5-8,16,18,20,24H,3-4,9-15H2,(H,25,27)(H,29,30)/t16-,20+/m0/s1. The second-order valence-corrected chi connectivity index (χ2v) is 8.04. The van der Waals surface area contributed by atoms with E-state index in [1.54, 1.807) is 4.90 Å². The molecule has 2 heterocycles. The second-order valence-electron chi connectivity index (χ2n) is 8.04. The van der Waals surface area contributed by atoms with Crippen LogP contribution in [0, 0.1) is 24.2 Å². The first-order valence-electron chi connectivity index (χ1n) is 10.6. The van der Waals surface area contributed by atoms with Gasteiger partial charge in [-0.05, 0) is 62.4 Å². The van der Waals surface area contributed by atoms with Crippen molar-refractivity contribution >= 4 is 17.8 Å². The van der Waals surface area contributed by atoms with Gasteiger partial charge in [0, 0.05) is 25.2 Å². The maximum atomic E-state index is 12.9. The summed E-state index contributed by atoms with van der Waals surface area (Å²) in [6, 6.07) is 7.86. The number of amides is 2. The molecule has 0 unspecified atom stereocenters. The zero-order chi connectivity index (χ0) is 21.5. The van der Waals surface area contributed by atoms with Crippen molar-refractivity contribution in [1.82, 2.24) is 15.5 Å². The van der Waals surface area contributed by atoms with Gasteiger partial charge in [0.15, 0.2) is 0 Å². The monoisotopic (exact) mass is 411 g/mol. The topological polar surface area (TPSA) is 98.7 Å². The normalized spacial score (nSPS) is 20.8. The molecule has 0 bridgehead atoms. The Kier molecular flexibility index (Phi) is 7.47. The van der Waals surface area contributed by atoms with Crippen molar-refractivity contribution in [2.24, 2.45) is 11.8 Å². The molecule has 2 aliphatic heterocycles. The van der Waals surface area contributed by atoms with Gasteiger partial charge in [-0.1, -0.05) is 18.1 Å². The third-order valence-electron chi connectivity index (χ3n) is 6.03. The highest BCUT2D eigenvalue weighted by molar-refractivity contribution is 5.94. The van der Waals surface area contributed by atoms with Crippen LogP contribution in [0.4, 0.5) is 0 Å². The maximum Gasteiger partial charge on any atom is 0.320 e. The van der Waals surface area contributed by atoms with Gasteiger partial charge < -0.3 is 20.6 Å². The zero-order valence-corrected chi connectivity index (χ0v) is 17.1. The van der Waals surface area contributed by atoms with E-state index in [-0.39, 0.29) is 24.3 Å². The predicted octanol–water partition coefficient (Wildman–Crippen LogP) is 1.46. The van der Waals surface area contributed by atoms with E-state index < -0.39 is 11.9 Å². The van der Waals surface area contributed by atoms with Crippen LogP contribution in [0.1, 0.15) is 47.5 Å². The fraction of sp³-hybridized carbons (Fsp3) is 0.522. The molecule has 0 saturated carbocycles. The van der Waals surface area contributed by atoms with Crippen LogP contribution in [0.5, 0.6) is 0 Å². The average molecular weight is 412 g/mol. The first-order chi connectivity index (χ1) is 14.5. The summed E-state index contributed by atoms with van der Waals surface area (Å²) in [4.78, 5) is 38.1. The molecule has 3 rings (SSSR count). The molecule has 1 aromatic rings. The number of nitrogens with one attached hydrogen (secondary N) is 2. The highest BCUT2D eigenvalue weighted by atomic mass is 16.4. The van der Waals surface area contributed by atoms with Crippen LogP contribution < -0.4 is 10.6 Å². The van der Waals surface area contributed by atoms with Gasteiger partial charge in [0.1, 0.15) is 5.92 Å². The van der Waals surface area contributed by atoms with Crippen LogP contribution in [-0.2, 0) is 9.59 Å². The number of rotatable bonds is 6. The number of carboxylic acid groups (broad SMARTS) is 1. The molecule has 0 aromatic heterocycles. The molecule has 1 aromatic carbocycles. The lowest BCUT2D eigenvalue weighted by Crippen LogP contribution is -2.46. The number of benzene rings is 1. The van der Waals surface area contributed by atoms with E-state index in [0.29, 0.717) is 31.0 Å². The minimum Gasteiger partial charge on any atom is -0.480 e. The van der Waals surface area contributed by atoms with E-state index in [9.17, 15) is 14.4 Å².